The topological polar surface area (TPSA) is 121 Å². The molecule has 200 valence electrons. The highest BCUT2D eigenvalue weighted by Crippen LogP contribution is 2.20. The second kappa shape index (κ2) is 13.6. The third kappa shape index (κ3) is 7.79. The maximum absolute atomic E-state index is 13.4. The third-order valence-corrected chi connectivity index (χ3v) is 6.75. The van der Waals surface area contributed by atoms with Gasteiger partial charge in [0.25, 0.3) is 0 Å². The summed E-state index contributed by atoms with van der Waals surface area (Å²) in [5, 5.41) is 16.8. The van der Waals surface area contributed by atoms with Crippen LogP contribution in [-0.4, -0.2) is 53.2 Å². The fraction of sp³-hybridized carbons (Fsp3) is 0.367. The molecule has 8 nitrogen and oxygen atoms in total. The molecule has 0 bridgehead atoms. The molecule has 1 aliphatic rings. The summed E-state index contributed by atoms with van der Waals surface area (Å²) in [5.74, 6) is -1.46. The number of carbonyl (C=O) groups is 3. The number of amides is 2. The van der Waals surface area contributed by atoms with E-state index in [4.69, 9.17) is 4.74 Å². The maximum Gasteiger partial charge on any atom is 0.306 e. The van der Waals surface area contributed by atoms with E-state index in [9.17, 15) is 19.5 Å². The quantitative estimate of drug-likeness (QED) is 0.270. The Morgan fingerprint density at radius 3 is 2.68 bits per heavy atom. The Labute approximate surface area is 222 Å². The predicted octanol–water partition coefficient (Wildman–Crippen LogP) is 3.20. The summed E-state index contributed by atoms with van der Waals surface area (Å²) >= 11 is 0. The number of aromatic amines is 1. The van der Waals surface area contributed by atoms with Gasteiger partial charge in [0.05, 0.1) is 24.6 Å². The highest BCUT2D eigenvalue weighted by atomic mass is 16.5. The van der Waals surface area contributed by atoms with Crippen LogP contribution in [0.3, 0.4) is 0 Å². The zero-order valence-electron chi connectivity index (χ0n) is 21.4. The van der Waals surface area contributed by atoms with E-state index in [2.05, 4.69) is 15.6 Å². The number of benzene rings is 2. The van der Waals surface area contributed by atoms with Gasteiger partial charge in [-0.2, -0.15) is 0 Å². The number of aromatic nitrogens is 1. The number of carbonyl (C=O) groups excluding carboxylic acids is 3. The zero-order valence-corrected chi connectivity index (χ0v) is 21.4. The monoisotopic (exact) mass is 517 g/mol. The fourth-order valence-electron chi connectivity index (χ4n) is 4.74. The van der Waals surface area contributed by atoms with Crippen LogP contribution in [0.4, 0.5) is 0 Å². The highest BCUT2D eigenvalue weighted by molar-refractivity contribution is 5.87. The van der Waals surface area contributed by atoms with Crippen molar-refractivity contribution in [3.8, 4) is 0 Å². The molecular formula is C30H35N3O5. The van der Waals surface area contributed by atoms with Crippen LogP contribution < -0.4 is 10.6 Å². The number of ether oxygens (including phenoxy) is 1. The van der Waals surface area contributed by atoms with E-state index in [1.54, 1.807) is 0 Å². The zero-order chi connectivity index (χ0) is 26.7. The van der Waals surface area contributed by atoms with E-state index in [0.717, 1.165) is 22.0 Å². The lowest BCUT2D eigenvalue weighted by Gasteiger charge is -2.23. The first-order valence-electron chi connectivity index (χ1n) is 13.1. The van der Waals surface area contributed by atoms with Crippen molar-refractivity contribution in [2.75, 3.05) is 13.2 Å². The Hall–Kier alpha value is -3.91. The Balaban J connectivity index is 1.44. The summed E-state index contributed by atoms with van der Waals surface area (Å²) in [6.45, 7) is -0.147. The Morgan fingerprint density at radius 1 is 1.08 bits per heavy atom. The van der Waals surface area contributed by atoms with Crippen LogP contribution in [0.15, 0.2) is 72.9 Å². The van der Waals surface area contributed by atoms with Crippen LogP contribution in [0.25, 0.3) is 10.9 Å². The van der Waals surface area contributed by atoms with E-state index in [0.29, 0.717) is 25.7 Å². The molecule has 0 saturated carbocycles. The van der Waals surface area contributed by atoms with Crippen molar-refractivity contribution < 1.29 is 24.2 Å². The fourth-order valence-corrected chi connectivity index (χ4v) is 4.74. The number of fused-ring (bicyclic) bond motifs is 1. The summed E-state index contributed by atoms with van der Waals surface area (Å²) < 4.78 is 5.47. The van der Waals surface area contributed by atoms with Crippen LogP contribution in [0.1, 0.15) is 36.8 Å². The van der Waals surface area contributed by atoms with E-state index in [-0.39, 0.29) is 43.8 Å². The Morgan fingerprint density at radius 2 is 1.87 bits per heavy atom. The molecule has 3 unspecified atom stereocenters. The molecule has 2 aromatic carbocycles. The number of H-pyrrole nitrogens is 1. The molecule has 8 heteroatoms. The highest BCUT2D eigenvalue weighted by Gasteiger charge is 2.26. The first kappa shape index (κ1) is 27.1. The van der Waals surface area contributed by atoms with E-state index < -0.39 is 18.0 Å². The molecule has 0 fully saturated rings. The van der Waals surface area contributed by atoms with Crippen molar-refractivity contribution >= 4 is 28.7 Å². The second-order valence-corrected chi connectivity index (χ2v) is 9.74. The van der Waals surface area contributed by atoms with Crippen LogP contribution in [-0.2, 0) is 32.0 Å². The molecule has 0 aliphatic carbocycles. The van der Waals surface area contributed by atoms with Gasteiger partial charge in [-0.3, -0.25) is 14.4 Å². The van der Waals surface area contributed by atoms with Gasteiger partial charge in [0, 0.05) is 29.9 Å². The van der Waals surface area contributed by atoms with Crippen molar-refractivity contribution in [2.45, 2.75) is 50.6 Å². The van der Waals surface area contributed by atoms with E-state index in [1.807, 2.05) is 72.9 Å². The minimum absolute atomic E-state index is 0.0128. The van der Waals surface area contributed by atoms with Gasteiger partial charge in [0.2, 0.25) is 11.8 Å². The first-order valence-corrected chi connectivity index (χ1v) is 13.1. The molecule has 2 amide bonds. The minimum Gasteiger partial charge on any atom is -0.463 e. The summed E-state index contributed by atoms with van der Waals surface area (Å²) in [5.41, 5.74) is 3.01. The van der Waals surface area contributed by atoms with Gasteiger partial charge in [-0.25, -0.2) is 0 Å². The molecule has 2 heterocycles. The molecule has 0 radical (unpaired) electrons. The van der Waals surface area contributed by atoms with Crippen LogP contribution in [0, 0.1) is 5.92 Å². The van der Waals surface area contributed by atoms with Gasteiger partial charge in [-0.15, -0.1) is 0 Å². The van der Waals surface area contributed by atoms with Crippen molar-refractivity contribution in [3.63, 3.8) is 0 Å². The summed E-state index contributed by atoms with van der Waals surface area (Å²) in [6, 6.07) is 16.6. The first-order chi connectivity index (χ1) is 18.5. The van der Waals surface area contributed by atoms with E-state index in [1.165, 1.54) is 0 Å². The molecule has 3 aromatic rings. The van der Waals surface area contributed by atoms with Gasteiger partial charge in [0.1, 0.15) is 6.61 Å². The Kier molecular flexibility index (Phi) is 9.70. The summed E-state index contributed by atoms with van der Waals surface area (Å²) in [4.78, 5) is 41.7. The van der Waals surface area contributed by atoms with Gasteiger partial charge < -0.3 is 25.5 Å². The molecule has 3 atom stereocenters. The van der Waals surface area contributed by atoms with Gasteiger partial charge in [0.15, 0.2) is 0 Å². The lowest BCUT2D eigenvalue weighted by molar-refractivity contribution is -0.145. The number of cyclic esters (lactones) is 1. The average molecular weight is 518 g/mol. The van der Waals surface area contributed by atoms with Gasteiger partial charge >= 0.3 is 5.97 Å². The summed E-state index contributed by atoms with van der Waals surface area (Å²) in [6.07, 6.45) is 7.69. The Bertz CT molecular complexity index is 1250. The number of aliphatic hydroxyl groups is 1. The molecule has 0 spiro atoms. The lowest BCUT2D eigenvalue weighted by atomic mass is 9.97. The maximum atomic E-state index is 13.4. The molecule has 1 aromatic heterocycles. The van der Waals surface area contributed by atoms with Crippen LogP contribution in [0.2, 0.25) is 0 Å². The minimum atomic E-state index is -0.595. The average Bonchev–Trinajstić information content (AvgIpc) is 3.33. The largest absolute Gasteiger partial charge is 0.463 e. The lowest BCUT2D eigenvalue weighted by Crippen LogP contribution is -2.45. The van der Waals surface area contributed by atoms with Crippen LogP contribution in [0.5, 0.6) is 0 Å². The standard InChI is InChI=1S/C30H35N3O5/c34-19-24(15-21-9-3-1-4-10-21)32-28(35)17-22-11-5-2-6-14-29(36)38-20-25(33-30(22)37)16-23-18-31-27-13-8-7-12-26(23)27/h1-5,7-10,12-13,18,22,24-25,31,34H,6,11,14-17,19-20H2,(H,32,35)(H,33,37). The molecule has 4 N–H and O–H groups in total. The number of aliphatic hydroxyl groups excluding tert-OH is 1. The number of hydrogen-bond donors (Lipinski definition) is 4. The normalized spacial score (nSPS) is 19.6. The SMILES string of the molecule is O=C(CC1CC=CCCC(=O)OCC(Cc2c[nH]c3ccccc23)NC1=O)NC(CO)Cc1ccccc1. The van der Waals surface area contributed by atoms with Crippen molar-refractivity contribution in [2.24, 2.45) is 5.92 Å². The molecular weight excluding hydrogens is 482 g/mol. The summed E-state index contributed by atoms with van der Waals surface area (Å²) in [7, 11) is 0. The number of allylic oxidation sites excluding steroid dienone is 2. The number of esters is 1. The molecule has 1 aliphatic heterocycles. The number of rotatable bonds is 8. The third-order valence-electron chi connectivity index (χ3n) is 6.75. The number of para-hydroxylation sites is 1. The molecule has 4 rings (SSSR count). The van der Waals surface area contributed by atoms with Gasteiger partial charge in [-0.1, -0.05) is 60.7 Å². The van der Waals surface area contributed by atoms with Crippen LogP contribution >= 0.6 is 0 Å². The second-order valence-electron chi connectivity index (χ2n) is 9.74. The number of hydrogen-bond acceptors (Lipinski definition) is 5. The smallest absolute Gasteiger partial charge is 0.306 e. The van der Waals surface area contributed by atoms with E-state index >= 15 is 0 Å². The number of nitrogens with one attached hydrogen (secondary N) is 3. The van der Waals surface area contributed by atoms with Crippen molar-refractivity contribution in [3.05, 3.63) is 84.1 Å². The van der Waals surface area contributed by atoms with Gasteiger partial charge in [-0.05, 0) is 42.9 Å². The molecule has 38 heavy (non-hydrogen) atoms. The van der Waals surface area contributed by atoms with Crippen molar-refractivity contribution in [1.29, 1.82) is 0 Å². The molecule has 0 saturated heterocycles. The van der Waals surface area contributed by atoms with Crippen molar-refractivity contribution in [1.82, 2.24) is 15.6 Å². The predicted molar refractivity (Wildman–Crippen MR) is 145 cm³/mol.